The third-order valence-corrected chi connectivity index (χ3v) is 1.97. The van der Waals surface area contributed by atoms with Crippen LogP contribution in [0.3, 0.4) is 0 Å². The van der Waals surface area contributed by atoms with Crippen LogP contribution in [0.25, 0.3) is 0 Å². The lowest BCUT2D eigenvalue weighted by atomic mass is 10.3. The zero-order chi connectivity index (χ0) is 7.98. The molecule has 4 nitrogen and oxygen atoms in total. The largest absolute Gasteiger partial charge is 0.661 e. The normalized spacial score (nSPS) is 10.4. The van der Waals surface area contributed by atoms with Crippen LogP contribution in [0.5, 0.6) is 0 Å². The van der Waals surface area contributed by atoms with Crippen molar-refractivity contribution in [3.8, 4) is 0 Å². The van der Waals surface area contributed by atoms with Gasteiger partial charge in [-0.2, -0.15) is 0 Å². The highest BCUT2D eigenvalue weighted by molar-refractivity contribution is 6.36. The van der Waals surface area contributed by atoms with E-state index in [4.69, 9.17) is 10.0 Å². The van der Waals surface area contributed by atoms with Crippen LogP contribution in [-0.2, 0) is 9.38 Å². The summed E-state index contributed by atoms with van der Waals surface area (Å²) in [7, 11) is -2.70. The molecule has 0 aliphatic heterocycles. The second-order valence-electron chi connectivity index (χ2n) is 1.99. The summed E-state index contributed by atoms with van der Waals surface area (Å²) >= 11 is 0. The molecule has 0 saturated heterocycles. The van der Waals surface area contributed by atoms with Crippen molar-refractivity contribution < 1.29 is 19.4 Å². The standard InChI is InChI=1S/C4H11BO4Si/c1-4(2)3-10-9-8-5(6)7/h3,6-7H,10H2,1-2H3. The Morgan fingerprint density at radius 2 is 2.10 bits per heavy atom. The van der Waals surface area contributed by atoms with Crippen LogP contribution < -0.4 is 0 Å². The molecule has 10 heavy (non-hydrogen) atoms. The highest BCUT2D eigenvalue weighted by Gasteiger charge is 2.07. The van der Waals surface area contributed by atoms with Gasteiger partial charge in [0.25, 0.3) is 0 Å². The first kappa shape index (κ1) is 9.86. The van der Waals surface area contributed by atoms with E-state index in [9.17, 15) is 0 Å². The summed E-state index contributed by atoms with van der Waals surface area (Å²) in [6.07, 6.45) is 0. The summed E-state index contributed by atoms with van der Waals surface area (Å²) in [6, 6.07) is 0. The van der Waals surface area contributed by atoms with Crippen molar-refractivity contribution >= 4 is 17.1 Å². The summed E-state index contributed by atoms with van der Waals surface area (Å²) < 4.78 is 4.47. The van der Waals surface area contributed by atoms with Gasteiger partial charge in [-0.1, -0.05) is 11.3 Å². The summed E-state index contributed by atoms with van der Waals surface area (Å²) in [5, 5.41) is 16.3. The molecule has 0 fully saturated rings. The third kappa shape index (κ3) is 7.86. The SMILES string of the molecule is CC(C)=C[SiH2]OOB(O)O. The number of hydrogen-bond donors (Lipinski definition) is 2. The Hall–Kier alpha value is -0.138. The maximum atomic E-state index is 8.13. The molecule has 0 aromatic rings. The van der Waals surface area contributed by atoms with Crippen LogP contribution in [0.1, 0.15) is 13.8 Å². The Bertz CT molecular complexity index is 112. The molecule has 0 bridgehead atoms. The third-order valence-electron chi connectivity index (χ3n) is 0.714. The van der Waals surface area contributed by atoms with E-state index in [0.29, 0.717) is 0 Å². The summed E-state index contributed by atoms with van der Waals surface area (Å²) in [4.78, 5) is 4.02. The predicted molar refractivity (Wildman–Crippen MR) is 40.3 cm³/mol. The molecule has 0 heterocycles. The Morgan fingerprint density at radius 3 is 2.50 bits per heavy atom. The van der Waals surface area contributed by atoms with Crippen LogP contribution >= 0.6 is 0 Å². The molecule has 2 N–H and O–H groups in total. The predicted octanol–water partition coefficient (Wildman–Crippen LogP) is -1.09. The molecule has 0 amide bonds. The molecule has 6 heteroatoms. The zero-order valence-corrected chi connectivity index (χ0v) is 7.49. The van der Waals surface area contributed by atoms with E-state index in [1.165, 1.54) is 0 Å². The topological polar surface area (TPSA) is 58.9 Å². The van der Waals surface area contributed by atoms with Crippen LogP contribution in [-0.4, -0.2) is 27.1 Å². The van der Waals surface area contributed by atoms with Gasteiger partial charge in [0.15, 0.2) is 0 Å². The second-order valence-corrected chi connectivity index (χ2v) is 2.97. The summed E-state index contributed by atoms with van der Waals surface area (Å²) in [5.74, 6) is 0. The zero-order valence-electron chi connectivity index (χ0n) is 6.07. The van der Waals surface area contributed by atoms with Crippen LogP contribution in [0.15, 0.2) is 11.3 Å². The second kappa shape index (κ2) is 5.63. The molecule has 0 unspecified atom stereocenters. The molecule has 0 radical (unpaired) electrons. The molecule has 0 aromatic heterocycles. The van der Waals surface area contributed by atoms with Crippen molar-refractivity contribution in [3.63, 3.8) is 0 Å². The van der Waals surface area contributed by atoms with Gasteiger partial charge in [-0.25, -0.2) is 4.81 Å². The maximum absolute atomic E-state index is 8.13. The van der Waals surface area contributed by atoms with Gasteiger partial charge in [0.1, 0.15) is 0 Å². The minimum absolute atomic E-state index is 0.883. The van der Waals surface area contributed by atoms with E-state index in [0.717, 1.165) is 5.57 Å². The molecule has 0 aromatic carbocycles. The van der Waals surface area contributed by atoms with Crippen molar-refractivity contribution in [3.05, 3.63) is 11.3 Å². The Balaban J connectivity index is 3.13. The van der Waals surface area contributed by atoms with Crippen LogP contribution in [0, 0.1) is 0 Å². The molecule has 0 rings (SSSR count). The van der Waals surface area contributed by atoms with Crippen LogP contribution in [0.2, 0.25) is 0 Å². The number of rotatable bonds is 4. The van der Waals surface area contributed by atoms with Gasteiger partial charge >= 0.3 is 7.32 Å². The van der Waals surface area contributed by atoms with E-state index < -0.39 is 17.1 Å². The quantitative estimate of drug-likeness (QED) is 0.239. The van der Waals surface area contributed by atoms with Gasteiger partial charge in [-0.3, -0.25) is 4.58 Å². The molecular formula is C4H11BO4Si. The molecule has 0 aliphatic rings. The van der Waals surface area contributed by atoms with Crippen molar-refractivity contribution in [2.45, 2.75) is 13.8 Å². The molecule has 0 spiro atoms. The lowest BCUT2D eigenvalue weighted by Crippen LogP contribution is -2.18. The molecule has 0 saturated carbocycles. The average Bonchev–Trinajstić information content (AvgIpc) is 1.79. The van der Waals surface area contributed by atoms with Crippen LogP contribution in [0.4, 0.5) is 0 Å². The highest BCUT2D eigenvalue weighted by atomic mass is 28.2. The first-order valence-corrected chi connectivity index (χ1v) is 4.30. The van der Waals surface area contributed by atoms with E-state index in [1.54, 1.807) is 0 Å². The fourth-order valence-electron chi connectivity index (χ4n) is 0.301. The van der Waals surface area contributed by atoms with Gasteiger partial charge in [-0.05, 0) is 13.8 Å². The molecule has 0 atom stereocenters. The Kier molecular flexibility index (Phi) is 5.55. The fraction of sp³-hybridized carbons (Fsp3) is 0.500. The van der Waals surface area contributed by atoms with Gasteiger partial charge in [0.05, 0.1) is 0 Å². The van der Waals surface area contributed by atoms with E-state index >= 15 is 0 Å². The Labute approximate surface area is 62.5 Å². The number of allylic oxidation sites excluding steroid dienone is 1. The number of hydrogen-bond acceptors (Lipinski definition) is 4. The minimum Gasteiger partial charge on any atom is -0.400 e. The van der Waals surface area contributed by atoms with E-state index in [2.05, 4.69) is 9.38 Å². The maximum Gasteiger partial charge on any atom is 0.661 e. The highest BCUT2D eigenvalue weighted by Crippen LogP contribution is 1.86. The first-order chi connectivity index (χ1) is 4.63. The van der Waals surface area contributed by atoms with Gasteiger partial charge in [0.2, 0.25) is 9.76 Å². The van der Waals surface area contributed by atoms with Crippen molar-refractivity contribution in [1.29, 1.82) is 0 Å². The van der Waals surface area contributed by atoms with Crippen molar-refractivity contribution in [1.82, 2.24) is 0 Å². The Morgan fingerprint density at radius 1 is 1.50 bits per heavy atom. The van der Waals surface area contributed by atoms with E-state index in [-0.39, 0.29) is 0 Å². The minimum atomic E-state index is -1.82. The lowest BCUT2D eigenvalue weighted by molar-refractivity contribution is -0.136. The van der Waals surface area contributed by atoms with Crippen molar-refractivity contribution in [2.24, 2.45) is 0 Å². The lowest BCUT2D eigenvalue weighted by Gasteiger charge is -1.98. The first-order valence-electron chi connectivity index (χ1n) is 2.90. The summed E-state index contributed by atoms with van der Waals surface area (Å²) in [6.45, 7) is 3.87. The van der Waals surface area contributed by atoms with Gasteiger partial charge < -0.3 is 10.0 Å². The van der Waals surface area contributed by atoms with Gasteiger partial charge in [0, 0.05) is 0 Å². The molecular weight excluding hydrogens is 151 g/mol. The fourth-order valence-corrected chi connectivity index (χ4v) is 0.902. The van der Waals surface area contributed by atoms with Crippen molar-refractivity contribution in [2.75, 3.05) is 0 Å². The average molecular weight is 162 g/mol. The summed E-state index contributed by atoms with van der Waals surface area (Å²) in [5.41, 5.74) is 3.03. The monoisotopic (exact) mass is 162 g/mol. The molecule has 0 aliphatic carbocycles. The van der Waals surface area contributed by atoms with Gasteiger partial charge in [-0.15, -0.1) is 0 Å². The van der Waals surface area contributed by atoms with E-state index in [1.807, 2.05) is 19.5 Å². The molecule has 58 valence electrons. The smallest absolute Gasteiger partial charge is 0.400 e.